The van der Waals surface area contributed by atoms with Crippen molar-refractivity contribution in [3.05, 3.63) is 64.2 Å². The Morgan fingerprint density at radius 2 is 1.65 bits per heavy atom. The van der Waals surface area contributed by atoms with E-state index in [1.807, 2.05) is 38.1 Å². The average Bonchev–Trinajstić information content (AvgIpc) is 3.00. The summed E-state index contributed by atoms with van der Waals surface area (Å²) >= 11 is 0. The molecule has 2 aromatic carbocycles. The lowest BCUT2D eigenvalue weighted by Crippen LogP contribution is -1.99. The topological polar surface area (TPSA) is 73.8 Å². The van der Waals surface area contributed by atoms with Crippen LogP contribution in [0.5, 0.6) is 0 Å². The summed E-state index contributed by atoms with van der Waals surface area (Å²) in [6.45, 7) is 4.69. The third-order valence-electron chi connectivity index (χ3n) is 3.62. The minimum absolute atomic E-state index is 0.0649. The van der Waals surface area contributed by atoms with E-state index in [0.717, 1.165) is 11.1 Å². The fourth-order valence-corrected chi connectivity index (χ4v) is 2.33. The van der Waals surface area contributed by atoms with E-state index >= 15 is 0 Å². The van der Waals surface area contributed by atoms with Crippen LogP contribution in [0.1, 0.15) is 12.5 Å². The molecule has 0 saturated heterocycles. The van der Waals surface area contributed by atoms with Crippen LogP contribution in [0.25, 0.3) is 22.8 Å². The number of aryl methyl sites for hydroxylation is 2. The molecule has 6 nitrogen and oxygen atoms in total. The predicted molar refractivity (Wildman–Crippen MR) is 88.0 cm³/mol. The zero-order valence-corrected chi connectivity index (χ0v) is 12.9. The maximum absolute atomic E-state index is 10.8. The molecule has 0 aliphatic heterocycles. The lowest BCUT2D eigenvalue weighted by Gasteiger charge is -2.01. The van der Waals surface area contributed by atoms with Crippen molar-refractivity contribution in [3.8, 4) is 22.8 Å². The van der Waals surface area contributed by atoms with Crippen molar-refractivity contribution in [3.63, 3.8) is 0 Å². The normalized spacial score (nSPS) is 10.7. The first-order chi connectivity index (χ1) is 11.1. The van der Waals surface area contributed by atoms with E-state index in [1.165, 1.54) is 17.7 Å². The molecular formula is C17H16N4O2. The Morgan fingerprint density at radius 3 is 2.22 bits per heavy atom. The summed E-state index contributed by atoms with van der Waals surface area (Å²) in [5, 5.41) is 15.3. The van der Waals surface area contributed by atoms with Gasteiger partial charge in [0.25, 0.3) is 5.69 Å². The van der Waals surface area contributed by atoms with E-state index in [2.05, 4.69) is 10.1 Å². The molecule has 1 aromatic heterocycles. The first-order valence-electron chi connectivity index (χ1n) is 7.35. The zero-order chi connectivity index (χ0) is 16.4. The van der Waals surface area contributed by atoms with E-state index in [4.69, 9.17) is 0 Å². The molecule has 0 aliphatic rings. The molecule has 0 atom stereocenters. The molecule has 0 aliphatic carbocycles. The third-order valence-corrected chi connectivity index (χ3v) is 3.62. The largest absolute Gasteiger partial charge is 0.269 e. The molecule has 1 heterocycles. The van der Waals surface area contributed by atoms with Gasteiger partial charge in [-0.05, 0) is 26.0 Å². The number of nitro benzene ring substituents is 1. The number of hydrogen-bond acceptors (Lipinski definition) is 4. The molecule has 0 unspecified atom stereocenters. The van der Waals surface area contributed by atoms with Gasteiger partial charge >= 0.3 is 0 Å². The van der Waals surface area contributed by atoms with Gasteiger partial charge in [0.2, 0.25) is 0 Å². The Kier molecular flexibility index (Phi) is 3.89. The highest BCUT2D eigenvalue weighted by atomic mass is 16.6. The van der Waals surface area contributed by atoms with Crippen LogP contribution in [0, 0.1) is 17.0 Å². The standard InChI is InChI=1S/C17H16N4O2/c1-3-20-17(14-8-10-15(11-9-14)21(22)23)18-16(19-20)13-6-4-12(2)5-7-13/h4-11H,3H2,1-2H3. The summed E-state index contributed by atoms with van der Waals surface area (Å²) < 4.78 is 1.80. The highest BCUT2D eigenvalue weighted by molar-refractivity contribution is 5.63. The molecule has 0 bridgehead atoms. The Morgan fingerprint density at radius 1 is 1.04 bits per heavy atom. The van der Waals surface area contributed by atoms with Crippen molar-refractivity contribution in [1.82, 2.24) is 14.8 Å². The molecule has 116 valence electrons. The maximum Gasteiger partial charge on any atom is 0.269 e. The quantitative estimate of drug-likeness (QED) is 0.542. The summed E-state index contributed by atoms with van der Waals surface area (Å²) in [6.07, 6.45) is 0. The van der Waals surface area contributed by atoms with Crippen LogP contribution in [0.2, 0.25) is 0 Å². The molecule has 0 saturated carbocycles. The second-order valence-corrected chi connectivity index (χ2v) is 5.24. The second-order valence-electron chi connectivity index (χ2n) is 5.24. The Bertz CT molecular complexity index is 836. The molecule has 0 N–H and O–H groups in total. The van der Waals surface area contributed by atoms with Crippen molar-refractivity contribution in [2.24, 2.45) is 0 Å². The highest BCUT2D eigenvalue weighted by Crippen LogP contribution is 2.24. The average molecular weight is 308 g/mol. The first kappa shape index (κ1) is 14.9. The molecular weight excluding hydrogens is 292 g/mol. The lowest BCUT2D eigenvalue weighted by molar-refractivity contribution is -0.384. The van der Waals surface area contributed by atoms with Crippen LogP contribution >= 0.6 is 0 Å². The molecule has 0 fully saturated rings. The molecule has 3 aromatic rings. The van der Waals surface area contributed by atoms with Crippen molar-refractivity contribution in [2.75, 3.05) is 0 Å². The van der Waals surface area contributed by atoms with Crippen molar-refractivity contribution < 1.29 is 4.92 Å². The molecule has 0 spiro atoms. The number of non-ortho nitro benzene ring substituents is 1. The zero-order valence-electron chi connectivity index (χ0n) is 12.9. The lowest BCUT2D eigenvalue weighted by atomic mass is 10.1. The van der Waals surface area contributed by atoms with E-state index in [9.17, 15) is 10.1 Å². The molecule has 6 heteroatoms. The number of nitro groups is 1. The third kappa shape index (κ3) is 2.96. The summed E-state index contributed by atoms with van der Waals surface area (Å²) in [4.78, 5) is 15.0. The summed E-state index contributed by atoms with van der Waals surface area (Å²) in [5.41, 5.74) is 3.00. The summed E-state index contributed by atoms with van der Waals surface area (Å²) in [7, 11) is 0. The van der Waals surface area contributed by atoms with Gasteiger partial charge in [-0.15, -0.1) is 0 Å². The van der Waals surface area contributed by atoms with Crippen LogP contribution in [0.4, 0.5) is 5.69 Å². The smallest absolute Gasteiger partial charge is 0.258 e. The van der Waals surface area contributed by atoms with E-state index < -0.39 is 4.92 Å². The van der Waals surface area contributed by atoms with Crippen molar-refractivity contribution in [1.29, 1.82) is 0 Å². The first-order valence-corrected chi connectivity index (χ1v) is 7.35. The van der Waals surface area contributed by atoms with Crippen molar-refractivity contribution in [2.45, 2.75) is 20.4 Å². The van der Waals surface area contributed by atoms with Gasteiger partial charge in [-0.3, -0.25) is 10.1 Å². The predicted octanol–water partition coefficient (Wildman–Crippen LogP) is 3.85. The summed E-state index contributed by atoms with van der Waals surface area (Å²) in [6, 6.07) is 14.4. The minimum atomic E-state index is -0.411. The van der Waals surface area contributed by atoms with E-state index in [1.54, 1.807) is 16.8 Å². The monoisotopic (exact) mass is 308 g/mol. The Labute approximate surface area is 133 Å². The van der Waals surface area contributed by atoms with Gasteiger partial charge in [0.1, 0.15) is 0 Å². The fraction of sp³-hybridized carbons (Fsp3) is 0.176. The van der Waals surface area contributed by atoms with Gasteiger partial charge in [0.05, 0.1) is 4.92 Å². The van der Waals surface area contributed by atoms with Gasteiger partial charge in [0, 0.05) is 29.8 Å². The van der Waals surface area contributed by atoms with Crippen LogP contribution < -0.4 is 0 Å². The summed E-state index contributed by atoms with van der Waals surface area (Å²) in [5.74, 6) is 1.36. The van der Waals surface area contributed by atoms with Crippen LogP contribution in [-0.2, 0) is 6.54 Å². The van der Waals surface area contributed by atoms with Gasteiger partial charge in [-0.1, -0.05) is 29.8 Å². The number of rotatable bonds is 4. The van der Waals surface area contributed by atoms with Gasteiger partial charge in [-0.25, -0.2) is 9.67 Å². The second kappa shape index (κ2) is 6.00. The maximum atomic E-state index is 10.8. The molecule has 0 amide bonds. The fourth-order valence-electron chi connectivity index (χ4n) is 2.33. The molecule has 0 radical (unpaired) electrons. The number of aromatic nitrogens is 3. The van der Waals surface area contributed by atoms with Crippen LogP contribution in [0.15, 0.2) is 48.5 Å². The van der Waals surface area contributed by atoms with Gasteiger partial charge < -0.3 is 0 Å². The van der Waals surface area contributed by atoms with E-state index in [0.29, 0.717) is 18.2 Å². The van der Waals surface area contributed by atoms with E-state index in [-0.39, 0.29) is 5.69 Å². The number of nitrogens with zero attached hydrogens (tertiary/aromatic N) is 4. The Balaban J connectivity index is 2.02. The van der Waals surface area contributed by atoms with Gasteiger partial charge in [-0.2, -0.15) is 5.10 Å². The van der Waals surface area contributed by atoms with Crippen LogP contribution in [0.3, 0.4) is 0 Å². The molecule has 23 heavy (non-hydrogen) atoms. The highest BCUT2D eigenvalue weighted by Gasteiger charge is 2.14. The Hall–Kier alpha value is -3.02. The van der Waals surface area contributed by atoms with Crippen LogP contribution in [-0.4, -0.2) is 19.7 Å². The minimum Gasteiger partial charge on any atom is -0.258 e. The number of benzene rings is 2. The van der Waals surface area contributed by atoms with Gasteiger partial charge in [0.15, 0.2) is 11.6 Å². The SMILES string of the molecule is CCn1nc(-c2ccc(C)cc2)nc1-c1ccc([N+](=O)[O-])cc1. The molecule has 3 rings (SSSR count). The number of hydrogen-bond donors (Lipinski definition) is 0. The van der Waals surface area contributed by atoms with Crippen molar-refractivity contribution >= 4 is 5.69 Å².